The van der Waals surface area contributed by atoms with Gasteiger partial charge < -0.3 is 5.32 Å². The molecule has 15 heavy (non-hydrogen) atoms. The normalized spacial score (nSPS) is 34.3. The number of aryl methyl sites for hydroxylation is 1. The molecule has 2 atom stereocenters. The van der Waals surface area contributed by atoms with E-state index in [9.17, 15) is 0 Å². The molecule has 1 saturated carbocycles. The minimum absolute atomic E-state index is 0.632. The van der Waals surface area contributed by atoms with Gasteiger partial charge in [-0.1, -0.05) is 29.8 Å². The van der Waals surface area contributed by atoms with Crippen molar-refractivity contribution in [1.29, 1.82) is 0 Å². The summed E-state index contributed by atoms with van der Waals surface area (Å²) in [6.45, 7) is 4.63. The molecule has 2 aliphatic rings. The van der Waals surface area contributed by atoms with E-state index >= 15 is 0 Å². The van der Waals surface area contributed by atoms with Crippen LogP contribution in [0.5, 0.6) is 0 Å². The van der Waals surface area contributed by atoms with E-state index in [0.29, 0.717) is 5.41 Å². The molecule has 1 unspecified atom stereocenters. The molecule has 3 rings (SSSR count). The molecule has 1 nitrogen and oxygen atoms in total. The molecular formula is C14H19N. The van der Waals surface area contributed by atoms with E-state index in [1.807, 2.05) is 0 Å². The lowest BCUT2D eigenvalue weighted by molar-refractivity contribution is 0.347. The van der Waals surface area contributed by atoms with Gasteiger partial charge in [0.1, 0.15) is 0 Å². The predicted molar refractivity (Wildman–Crippen MR) is 63.1 cm³/mol. The van der Waals surface area contributed by atoms with Crippen LogP contribution in [0.4, 0.5) is 0 Å². The first-order valence-corrected chi connectivity index (χ1v) is 6.07. The summed E-state index contributed by atoms with van der Waals surface area (Å²) in [7, 11) is 0. The Morgan fingerprint density at radius 1 is 1.27 bits per heavy atom. The molecule has 0 bridgehead atoms. The highest BCUT2D eigenvalue weighted by atomic mass is 14.9. The van der Waals surface area contributed by atoms with Crippen LogP contribution in [-0.2, 0) is 0 Å². The van der Waals surface area contributed by atoms with Crippen LogP contribution in [0.1, 0.15) is 36.3 Å². The highest BCUT2D eigenvalue weighted by molar-refractivity contribution is 5.32. The zero-order valence-corrected chi connectivity index (χ0v) is 9.42. The Hall–Kier alpha value is -0.820. The maximum Gasteiger partial charge on any atom is 0.00139 e. The highest BCUT2D eigenvalue weighted by Crippen LogP contribution is 2.62. The predicted octanol–water partition coefficient (Wildman–Crippen LogP) is 2.85. The molecule has 1 saturated heterocycles. The van der Waals surface area contributed by atoms with E-state index in [4.69, 9.17) is 0 Å². The third kappa shape index (κ3) is 1.59. The summed E-state index contributed by atoms with van der Waals surface area (Å²) < 4.78 is 0. The quantitative estimate of drug-likeness (QED) is 0.736. The number of rotatable bonds is 1. The van der Waals surface area contributed by atoms with Crippen LogP contribution < -0.4 is 5.32 Å². The Morgan fingerprint density at radius 2 is 2.07 bits per heavy atom. The number of piperidine rings is 1. The molecule has 1 N–H and O–H groups in total. The van der Waals surface area contributed by atoms with Crippen LogP contribution in [0.3, 0.4) is 0 Å². The summed E-state index contributed by atoms with van der Waals surface area (Å²) in [5.41, 5.74) is 3.56. The second-order valence-electron chi connectivity index (χ2n) is 5.31. The minimum Gasteiger partial charge on any atom is -0.316 e. The Labute approximate surface area is 91.9 Å². The Bertz CT molecular complexity index is 346. The molecule has 1 spiro atoms. The van der Waals surface area contributed by atoms with Gasteiger partial charge in [-0.15, -0.1) is 0 Å². The van der Waals surface area contributed by atoms with Gasteiger partial charge in [0.15, 0.2) is 0 Å². The molecule has 0 radical (unpaired) electrons. The Balaban J connectivity index is 1.77. The number of nitrogens with one attached hydrogen (secondary N) is 1. The van der Waals surface area contributed by atoms with Gasteiger partial charge in [-0.3, -0.25) is 0 Å². The molecule has 1 aliphatic carbocycles. The van der Waals surface area contributed by atoms with Gasteiger partial charge in [-0.2, -0.15) is 0 Å². The van der Waals surface area contributed by atoms with Crippen LogP contribution in [0.15, 0.2) is 24.3 Å². The van der Waals surface area contributed by atoms with E-state index in [1.165, 1.54) is 37.9 Å². The molecular weight excluding hydrogens is 182 g/mol. The number of hydrogen-bond acceptors (Lipinski definition) is 1. The molecule has 80 valence electrons. The number of benzene rings is 1. The summed E-state index contributed by atoms with van der Waals surface area (Å²) >= 11 is 0. The summed E-state index contributed by atoms with van der Waals surface area (Å²) in [5, 5.41) is 3.55. The maximum absolute atomic E-state index is 3.55. The maximum atomic E-state index is 3.55. The minimum atomic E-state index is 0.632. The molecule has 0 aromatic heterocycles. The first kappa shape index (κ1) is 9.41. The zero-order chi connectivity index (χ0) is 10.3. The lowest BCUT2D eigenvalue weighted by atomic mass is 9.91. The molecule has 1 heterocycles. The monoisotopic (exact) mass is 201 g/mol. The topological polar surface area (TPSA) is 12.0 Å². The SMILES string of the molecule is Cc1ccc(C2C[C@]23CCCNC3)cc1. The standard InChI is InChI=1S/C14H19N/c1-11-3-5-12(6-4-11)13-9-14(13)7-2-8-15-10-14/h3-6,13,15H,2,7-10H2,1H3/t13?,14-/m0/s1. The smallest absolute Gasteiger partial charge is 0.00139 e. The van der Waals surface area contributed by atoms with Crippen LogP contribution in [-0.4, -0.2) is 13.1 Å². The largest absolute Gasteiger partial charge is 0.316 e. The van der Waals surface area contributed by atoms with E-state index in [1.54, 1.807) is 5.56 Å². The van der Waals surface area contributed by atoms with Crippen molar-refractivity contribution in [2.75, 3.05) is 13.1 Å². The third-order valence-corrected chi connectivity index (χ3v) is 4.17. The van der Waals surface area contributed by atoms with Crippen molar-refractivity contribution >= 4 is 0 Å². The van der Waals surface area contributed by atoms with E-state index < -0.39 is 0 Å². The molecule has 0 amide bonds. The van der Waals surface area contributed by atoms with Gasteiger partial charge in [-0.25, -0.2) is 0 Å². The van der Waals surface area contributed by atoms with Crippen molar-refractivity contribution in [3.05, 3.63) is 35.4 Å². The number of hydrogen-bond donors (Lipinski definition) is 1. The summed E-state index contributed by atoms with van der Waals surface area (Å²) in [4.78, 5) is 0. The van der Waals surface area contributed by atoms with Gasteiger partial charge in [0.05, 0.1) is 0 Å². The fraction of sp³-hybridized carbons (Fsp3) is 0.571. The fourth-order valence-electron chi connectivity index (χ4n) is 3.08. The van der Waals surface area contributed by atoms with Gasteiger partial charge in [0.25, 0.3) is 0 Å². The van der Waals surface area contributed by atoms with Gasteiger partial charge in [-0.05, 0) is 49.6 Å². The second-order valence-corrected chi connectivity index (χ2v) is 5.31. The van der Waals surface area contributed by atoms with Crippen molar-refractivity contribution in [3.63, 3.8) is 0 Å². The lowest BCUT2D eigenvalue weighted by Crippen LogP contribution is -2.31. The molecule has 1 aromatic rings. The first-order chi connectivity index (χ1) is 7.30. The molecule has 1 aliphatic heterocycles. The van der Waals surface area contributed by atoms with Crippen molar-refractivity contribution < 1.29 is 0 Å². The van der Waals surface area contributed by atoms with Gasteiger partial charge in [0.2, 0.25) is 0 Å². The highest BCUT2D eigenvalue weighted by Gasteiger charge is 2.54. The summed E-state index contributed by atoms with van der Waals surface area (Å²) in [6, 6.07) is 9.14. The van der Waals surface area contributed by atoms with Crippen LogP contribution in [0.2, 0.25) is 0 Å². The van der Waals surface area contributed by atoms with Crippen molar-refractivity contribution in [3.8, 4) is 0 Å². The molecule has 1 aromatic carbocycles. The van der Waals surface area contributed by atoms with Crippen molar-refractivity contribution in [1.82, 2.24) is 5.32 Å². The van der Waals surface area contributed by atoms with Crippen molar-refractivity contribution in [2.24, 2.45) is 5.41 Å². The molecule has 1 heteroatoms. The Kier molecular flexibility index (Phi) is 2.10. The van der Waals surface area contributed by atoms with Crippen LogP contribution in [0.25, 0.3) is 0 Å². The lowest BCUT2D eigenvalue weighted by Gasteiger charge is -2.23. The Morgan fingerprint density at radius 3 is 2.73 bits per heavy atom. The average Bonchev–Trinajstić information content (AvgIpc) is 2.94. The van der Waals surface area contributed by atoms with Gasteiger partial charge in [0, 0.05) is 6.54 Å². The van der Waals surface area contributed by atoms with Crippen molar-refractivity contribution in [2.45, 2.75) is 32.1 Å². The van der Waals surface area contributed by atoms with Gasteiger partial charge >= 0.3 is 0 Å². The fourth-order valence-corrected chi connectivity index (χ4v) is 3.08. The van der Waals surface area contributed by atoms with Crippen LogP contribution >= 0.6 is 0 Å². The average molecular weight is 201 g/mol. The second kappa shape index (κ2) is 3.34. The first-order valence-electron chi connectivity index (χ1n) is 6.07. The van der Waals surface area contributed by atoms with E-state index in [2.05, 4.69) is 36.5 Å². The third-order valence-electron chi connectivity index (χ3n) is 4.17. The summed E-state index contributed by atoms with van der Waals surface area (Å²) in [6.07, 6.45) is 4.20. The summed E-state index contributed by atoms with van der Waals surface area (Å²) in [5.74, 6) is 0.839. The van der Waals surface area contributed by atoms with Crippen LogP contribution in [0, 0.1) is 12.3 Å². The molecule has 2 fully saturated rings. The van der Waals surface area contributed by atoms with E-state index in [0.717, 1.165) is 5.92 Å². The van der Waals surface area contributed by atoms with E-state index in [-0.39, 0.29) is 0 Å². The zero-order valence-electron chi connectivity index (χ0n) is 9.42.